The number of nitrogens with one attached hydrogen (secondary N) is 1. The number of carbonyl (C=O) groups excluding carboxylic acids is 1. The molecular weight excluding hydrogens is 334 g/mol. The Morgan fingerprint density at radius 1 is 1.32 bits per heavy atom. The first kappa shape index (κ1) is 18.6. The van der Waals surface area contributed by atoms with E-state index >= 15 is 0 Å². The molecule has 1 aliphatic rings. The van der Waals surface area contributed by atoms with Crippen LogP contribution >= 0.6 is 0 Å². The van der Waals surface area contributed by atoms with Crippen LogP contribution in [-0.2, 0) is 9.47 Å². The van der Waals surface area contributed by atoms with Gasteiger partial charge in [0.2, 0.25) is 0 Å². The van der Waals surface area contributed by atoms with Crippen molar-refractivity contribution in [3.8, 4) is 0 Å². The summed E-state index contributed by atoms with van der Waals surface area (Å²) in [5, 5.41) is 8.88. The summed E-state index contributed by atoms with van der Waals surface area (Å²) in [7, 11) is 0. The number of hydrogen-bond acceptors (Lipinski definition) is 6. The van der Waals surface area contributed by atoms with E-state index in [1.54, 1.807) is 27.7 Å². The molecule has 2 rings (SSSR count). The van der Waals surface area contributed by atoms with Crippen molar-refractivity contribution < 1.29 is 24.2 Å². The van der Waals surface area contributed by atoms with Gasteiger partial charge in [-0.25, -0.2) is 14.4 Å². The predicted octanol–water partition coefficient (Wildman–Crippen LogP) is 1.05. The highest BCUT2D eigenvalue weighted by atomic mass is 16.7. The second-order valence-electron chi connectivity index (χ2n) is 6.84. The molecule has 0 radical (unpaired) electrons. The third-order valence-electron chi connectivity index (χ3n) is 3.63. The molecule has 0 unspecified atom stereocenters. The number of amides is 1. The van der Waals surface area contributed by atoms with E-state index in [1.165, 1.54) is 10.8 Å². The van der Waals surface area contributed by atoms with E-state index in [2.05, 4.69) is 4.98 Å². The van der Waals surface area contributed by atoms with Gasteiger partial charge in [-0.05, 0) is 27.7 Å². The highest BCUT2D eigenvalue weighted by Gasteiger charge is 2.41. The lowest BCUT2D eigenvalue weighted by atomic mass is 10.2. The van der Waals surface area contributed by atoms with Crippen molar-refractivity contribution in [2.24, 2.45) is 0 Å². The molecule has 25 heavy (non-hydrogen) atoms. The SMILES string of the molecule is Cc1cn([C@H]2C[C@H](OC(=O)O)N(C(=O)OC(C)(C)C)C2)c(=O)[nH]c1=O. The summed E-state index contributed by atoms with van der Waals surface area (Å²) in [4.78, 5) is 50.0. The van der Waals surface area contributed by atoms with Crippen LogP contribution in [0.15, 0.2) is 15.8 Å². The molecule has 1 aromatic heterocycles. The number of aromatic nitrogens is 2. The van der Waals surface area contributed by atoms with Gasteiger partial charge in [0.1, 0.15) is 5.60 Å². The maximum absolute atomic E-state index is 12.3. The van der Waals surface area contributed by atoms with Crippen molar-refractivity contribution in [2.45, 2.75) is 52.0 Å². The molecule has 2 heterocycles. The first-order chi connectivity index (χ1) is 11.5. The van der Waals surface area contributed by atoms with Crippen molar-refractivity contribution in [3.05, 3.63) is 32.6 Å². The minimum atomic E-state index is -1.54. The molecule has 0 saturated carbocycles. The van der Waals surface area contributed by atoms with Gasteiger partial charge in [-0.1, -0.05) is 0 Å². The topological polar surface area (TPSA) is 131 Å². The van der Waals surface area contributed by atoms with E-state index in [9.17, 15) is 19.2 Å². The summed E-state index contributed by atoms with van der Waals surface area (Å²) in [5.74, 6) is 0. The molecule has 1 fully saturated rings. The van der Waals surface area contributed by atoms with Crippen molar-refractivity contribution in [1.82, 2.24) is 14.5 Å². The minimum Gasteiger partial charge on any atom is -0.450 e. The number of aryl methyl sites for hydroxylation is 1. The van der Waals surface area contributed by atoms with Crippen molar-refractivity contribution in [2.75, 3.05) is 6.54 Å². The quantitative estimate of drug-likeness (QED) is 0.758. The highest BCUT2D eigenvalue weighted by molar-refractivity contribution is 5.69. The summed E-state index contributed by atoms with van der Waals surface area (Å²) in [6, 6.07) is -0.556. The molecule has 0 aromatic carbocycles. The number of H-pyrrole nitrogens is 1. The molecular formula is C15H21N3O7. The van der Waals surface area contributed by atoms with Gasteiger partial charge in [-0.2, -0.15) is 0 Å². The van der Waals surface area contributed by atoms with Crippen LogP contribution in [-0.4, -0.2) is 50.2 Å². The smallest absolute Gasteiger partial charge is 0.450 e. The Kier molecular flexibility index (Phi) is 4.91. The molecule has 1 aromatic rings. The lowest BCUT2D eigenvalue weighted by molar-refractivity contribution is -0.0324. The number of hydrogen-bond donors (Lipinski definition) is 2. The third kappa shape index (κ3) is 4.40. The van der Waals surface area contributed by atoms with Crippen molar-refractivity contribution in [1.29, 1.82) is 0 Å². The van der Waals surface area contributed by atoms with Crippen molar-refractivity contribution >= 4 is 12.2 Å². The highest BCUT2D eigenvalue weighted by Crippen LogP contribution is 2.29. The van der Waals surface area contributed by atoms with Crippen LogP contribution in [0, 0.1) is 6.92 Å². The molecule has 1 aliphatic heterocycles. The Labute approximate surface area is 143 Å². The molecule has 138 valence electrons. The lowest BCUT2D eigenvalue weighted by Crippen LogP contribution is -2.42. The third-order valence-corrected chi connectivity index (χ3v) is 3.63. The predicted molar refractivity (Wildman–Crippen MR) is 85.6 cm³/mol. The maximum Gasteiger partial charge on any atom is 0.507 e. The molecule has 10 heteroatoms. The standard InChI is InChI=1S/C15H21N3O7/c1-8-6-17(12(20)16-11(8)19)9-5-10(24-14(22)23)18(7-9)13(21)25-15(2,3)4/h6,9-10H,5,7H2,1-4H3,(H,22,23)(H,16,19,20)/t9-,10-/m0/s1. The van der Waals surface area contributed by atoms with Crippen LogP contribution in [0.3, 0.4) is 0 Å². The molecule has 10 nitrogen and oxygen atoms in total. The van der Waals surface area contributed by atoms with Gasteiger partial charge in [0.15, 0.2) is 6.23 Å². The number of ether oxygens (including phenoxy) is 2. The average Bonchev–Trinajstić information content (AvgIpc) is 2.84. The van der Waals surface area contributed by atoms with Gasteiger partial charge in [0.05, 0.1) is 6.04 Å². The van der Waals surface area contributed by atoms with Crippen LogP contribution in [0.5, 0.6) is 0 Å². The molecule has 0 spiro atoms. The summed E-state index contributed by atoms with van der Waals surface area (Å²) in [6.07, 6.45) is -1.92. The molecule has 2 atom stereocenters. The summed E-state index contributed by atoms with van der Waals surface area (Å²) in [5.41, 5.74) is -1.58. The Bertz CT molecular complexity index is 790. The van der Waals surface area contributed by atoms with E-state index in [-0.39, 0.29) is 13.0 Å². The Morgan fingerprint density at radius 3 is 2.52 bits per heavy atom. The van der Waals surface area contributed by atoms with Gasteiger partial charge in [-0.15, -0.1) is 0 Å². The molecule has 0 aliphatic carbocycles. The van der Waals surface area contributed by atoms with Gasteiger partial charge >= 0.3 is 17.9 Å². The van der Waals surface area contributed by atoms with Gasteiger partial charge in [0.25, 0.3) is 5.56 Å². The fraction of sp³-hybridized carbons (Fsp3) is 0.600. The normalized spacial score (nSPS) is 20.4. The van der Waals surface area contributed by atoms with Gasteiger partial charge in [0, 0.05) is 24.7 Å². The maximum atomic E-state index is 12.3. The van der Waals surface area contributed by atoms with E-state index < -0.39 is 41.4 Å². The molecule has 0 bridgehead atoms. The van der Waals surface area contributed by atoms with Crippen LogP contribution < -0.4 is 11.2 Å². The lowest BCUT2D eigenvalue weighted by Gasteiger charge is -2.27. The first-order valence-electron chi connectivity index (χ1n) is 7.69. The number of carboxylic acid groups (broad SMARTS) is 1. The summed E-state index contributed by atoms with van der Waals surface area (Å²) < 4.78 is 11.3. The number of nitrogens with zero attached hydrogens (tertiary/aromatic N) is 2. The average molecular weight is 355 g/mol. The first-order valence-corrected chi connectivity index (χ1v) is 7.69. The van der Waals surface area contributed by atoms with E-state index in [4.69, 9.17) is 14.6 Å². The zero-order valence-corrected chi connectivity index (χ0v) is 14.4. The monoisotopic (exact) mass is 355 g/mol. The molecule has 2 N–H and O–H groups in total. The molecule has 1 amide bonds. The van der Waals surface area contributed by atoms with E-state index in [0.29, 0.717) is 5.56 Å². The Balaban J connectivity index is 2.31. The fourth-order valence-corrected chi connectivity index (χ4v) is 2.58. The van der Waals surface area contributed by atoms with Crippen LogP contribution in [0.4, 0.5) is 9.59 Å². The number of aromatic amines is 1. The van der Waals surface area contributed by atoms with Crippen LogP contribution in [0.2, 0.25) is 0 Å². The van der Waals surface area contributed by atoms with Crippen LogP contribution in [0.25, 0.3) is 0 Å². The Hall–Kier alpha value is -2.78. The number of likely N-dealkylation sites (tertiary alicyclic amines) is 1. The number of carbonyl (C=O) groups is 2. The number of rotatable bonds is 2. The van der Waals surface area contributed by atoms with Gasteiger partial charge in [-0.3, -0.25) is 19.2 Å². The van der Waals surface area contributed by atoms with Crippen molar-refractivity contribution in [3.63, 3.8) is 0 Å². The fourth-order valence-electron chi connectivity index (χ4n) is 2.58. The van der Waals surface area contributed by atoms with E-state index in [0.717, 1.165) is 4.90 Å². The van der Waals surface area contributed by atoms with Gasteiger partial charge < -0.3 is 14.6 Å². The zero-order chi connectivity index (χ0) is 18.9. The zero-order valence-electron chi connectivity index (χ0n) is 14.4. The second-order valence-corrected chi connectivity index (χ2v) is 6.84. The summed E-state index contributed by atoms with van der Waals surface area (Å²) in [6.45, 7) is 6.60. The second kappa shape index (κ2) is 6.61. The summed E-state index contributed by atoms with van der Waals surface area (Å²) >= 11 is 0. The largest absolute Gasteiger partial charge is 0.507 e. The Morgan fingerprint density at radius 2 is 1.96 bits per heavy atom. The minimum absolute atomic E-state index is 0.0122. The van der Waals surface area contributed by atoms with Crippen LogP contribution in [0.1, 0.15) is 38.8 Å². The van der Waals surface area contributed by atoms with E-state index in [1.807, 2.05) is 0 Å². The molecule has 1 saturated heterocycles.